The number of thiazole rings is 1. The third kappa shape index (κ3) is 3.14. The highest BCUT2D eigenvalue weighted by atomic mass is 32.1. The van der Waals surface area contributed by atoms with Crippen LogP contribution in [0.3, 0.4) is 0 Å². The Morgan fingerprint density at radius 1 is 1.45 bits per heavy atom. The smallest absolute Gasteiger partial charge is 0.334 e. The van der Waals surface area contributed by atoms with E-state index in [-0.39, 0.29) is 6.03 Å². The number of aromatic nitrogens is 2. The van der Waals surface area contributed by atoms with Crippen molar-refractivity contribution in [3.8, 4) is 10.6 Å². The molecule has 7 heteroatoms. The summed E-state index contributed by atoms with van der Waals surface area (Å²) in [5, 5.41) is 7.57. The van der Waals surface area contributed by atoms with Gasteiger partial charge in [-0.05, 0) is 31.9 Å². The van der Waals surface area contributed by atoms with E-state index in [1.54, 1.807) is 24.6 Å². The minimum Gasteiger partial charge on any atom is -0.340 e. The molecule has 0 aromatic carbocycles. The fourth-order valence-electron chi connectivity index (χ4n) is 2.08. The first-order chi connectivity index (χ1) is 10.7. The van der Waals surface area contributed by atoms with Gasteiger partial charge in [-0.1, -0.05) is 0 Å². The first kappa shape index (κ1) is 14.6. The predicted octanol–water partition coefficient (Wildman–Crippen LogP) is 2.74. The SMILES string of the molecule is CNC(=O)N/N=C(\C)c1sc(-c2cccnc2)nc1C1CC1. The molecule has 0 aliphatic heterocycles. The van der Waals surface area contributed by atoms with E-state index in [0.29, 0.717) is 5.92 Å². The first-order valence-corrected chi connectivity index (χ1v) is 7.94. The number of nitrogens with one attached hydrogen (secondary N) is 2. The minimum absolute atomic E-state index is 0.329. The molecule has 0 unspecified atom stereocenters. The summed E-state index contributed by atoms with van der Waals surface area (Å²) in [4.78, 5) is 21.2. The van der Waals surface area contributed by atoms with Crippen LogP contribution in [-0.2, 0) is 0 Å². The second kappa shape index (κ2) is 6.23. The molecule has 0 spiro atoms. The first-order valence-electron chi connectivity index (χ1n) is 7.12. The Bertz CT molecular complexity index is 706. The standard InChI is InChI=1S/C15H17N5OS/c1-9(19-20-15(21)16-2)13-12(10-5-6-10)18-14(22-13)11-4-3-7-17-8-11/h3-4,7-8,10H,5-6H2,1-2H3,(H2,16,20,21)/b19-9+. The van der Waals surface area contributed by atoms with Crippen molar-refractivity contribution in [1.82, 2.24) is 20.7 Å². The number of hydrogen-bond donors (Lipinski definition) is 2. The van der Waals surface area contributed by atoms with E-state index in [2.05, 4.69) is 20.8 Å². The normalized spacial score (nSPS) is 14.7. The molecule has 114 valence electrons. The Balaban J connectivity index is 1.93. The summed E-state index contributed by atoms with van der Waals surface area (Å²) in [6.45, 7) is 1.89. The van der Waals surface area contributed by atoms with Crippen LogP contribution in [0.2, 0.25) is 0 Å². The van der Waals surface area contributed by atoms with Gasteiger partial charge in [0, 0.05) is 30.9 Å². The third-order valence-corrected chi connectivity index (χ3v) is 4.64. The topological polar surface area (TPSA) is 79.3 Å². The second-order valence-electron chi connectivity index (χ2n) is 5.14. The van der Waals surface area contributed by atoms with Gasteiger partial charge in [0.2, 0.25) is 0 Å². The van der Waals surface area contributed by atoms with Gasteiger partial charge in [0.25, 0.3) is 0 Å². The Labute approximate surface area is 132 Å². The van der Waals surface area contributed by atoms with Crippen molar-refractivity contribution in [1.29, 1.82) is 0 Å². The Morgan fingerprint density at radius 2 is 2.27 bits per heavy atom. The van der Waals surface area contributed by atoms with Gasteiger partial charge in [-0.2, -0.15) is 5.10 Å². The number of nitrogens with zero attached hydrogens (tertiary/aromatic N) is 3. The zero-order valence-corrected chi connectivity index (χ0v) is 13.3. The Morgan fingerprint density at radius 3 is 2.91 bits per heavy atom. The van der Waals surface area contributed by atoms with E-state index in [9.17, 15) is 4.79 Å². The van der Waals surface area contributed by atoms with Crippen LogP contribution in [0.4, 0.5) is 4.79 Å². The highest BCUT2D eigenvalue weighted by Gasteiger charge is 2.30. The molecule has 1 saturated carbocycles. The van der Waals surface area contributed by atoms with Crippen molar-refractivity contribution in [3.63, 3.8) is 0 Å². The fraction of sp³-hybridized carbons (Fsp3) is 0.333. The van der Waals surface area contributed by atoms with E-state index in [1.807, 2.05) is 25.3 Å². The molecule has 2 aromatic rings. The second-order valence-corrected chi connectivity index (χ2v) is 6.14. The Hall–Kier alpha value is -2.28. The van der Waals surface area contributed by atoms with Crippen LogP contribution in [0, 0.1) is 0 Å². The van der Waals surface area contributed by atoms with Gasteiger partial charge in [-0.15, -0.1) is 11.3 Å². The highest BCUT2D eigenvalue weighted by Crippen LogP contribution is 2.44. The summed E-state index contributed by atoms with van der Waals surface area (Å²) >= 11 is 1.59. The van der Waals surface area contributed by atoms with E-state index < -0.39 is 0 Å². The molecular formula is C15H17N5OS. The summed E-state index contributed by atoms with van der Waals surface area (Å²) in [5.74, 6) is 0.516. The molecular weight excluding hydrogens is 298 g/mol. The summed E-state index contributed by atoms with van der Waals surface area (Å²) < 4.78 is 0. The number of carbonyl (C=O) groups excluding carboxylic acids is 1. The number of carbonyl (C=O) groups is 1. The van der Waals surface area contributed by atoms with E-state index >= 15 is 0 Å². The molecule has 2 aromatic heterocycles. The monoisotopic (exact) mass is 315 g/mol. The number of urea groups is 1. The quantitative estimate of drug-likeness (QED) is 0.672. The van der Waals surface area contributed by atoms with Crippen LogP contribution in [0.25, 0.3) is 10.6 Å². The number of pyridine rings is 1. The molecule has 22 heavy (non-hydrogen) atoms. The van der Waals surface area contributed by atoms with Gasteiger partial charge < -0.3 is 5.32 Å². The molecule has 2 heterocycles. The van der Waals surface area contributed by atoms with Crippen LogP contribution in [0.15, 0.2) is 29.6 Å². The summed E-state index contributed by atoms with van der Waals surface area (Å²) in [7, 11) is 1.56. The molecule has 6 nitrogen and oxygen atoms in total. The molecule has 0 radical (unpaired) electrons. The maximum atomic E-state index is 11.3. The lowest BCUT2D eigenvalue weighted by Gasteiger charge is -2.01. The molecule has 0 saturated heterocycles. The lowest BCUT2D eigenvalue weighted by atomic mass is 10.2. The third-order valence-electron chi connectivity index (χ3n) is 3.41. The zero-order valence-electron chi connectivity index (χ0n) is 12.5. The Kier molecular flexibility index (Phi) is 4.15. The van der Waals surface area contributed by atoms with Crippen LogP contribution in [-0.4, -0.2) is 28.8 Å². The predicted molar refractivity (Wildman–Crippen MR) is 87.1 cm³/mol. The maximum absolute atomic E-state index is 11.3. The average molecular weight is 315 g/mol. The molecule has 0 atom stereocenters. The average Bonchev–Trinajstić information content (AvgIpc) is 3.31. The van der Waals surface area contributed by atoms with E-state index in [1.165, 1.54) is 12.8 Å². The van der Waals surface area contributed by atoms with Crippen molar-refractivity contribution in [2.24, 2.45) is 5.10 Å². The minimum atomic E-state index is -0.329. The van der Waals surface area contributed by atoms with E-state index in [0.717, 1.165) is 26.9 Å². The fourth-order valence-corrected chi connectivity index (χ4v) is 3.16. The largest absolute Gasteiger partial charge is 0.340 e. The van der Waals surface area contributed by atoms with Gasteiger partial charge in [0.05, 0.1) is 16.3 Å². The van der Waals surface area contributed by atoms with Gasteiger partial charge in [-0.3, -0.25) is 4.98 Å². The van der Waals surface area contributed by atoms with Crippen LogP contribution in [0.5, 0.6) is 0 Å². The molecule has 3 rings (SSSR count). The maximum Gasteiger partial charge on any atom is 0.334 e. The van der Waals surface area contributed by atoms with Crippen molar-refractivity contribution < 1.29 is 4.79 Å². The van der Waals surface area contributed by atoms with Crippen LogP contribution >= 0.6 is 11.3 Å². The number of amides is 2. The summed E-state index contributed by atoms with van der Waals surface area (Å²) in [6, 6.07) is 3.58. The van der Waals surface area contributed by atoms with E-state index in [4.69, 9.17) is 4.98 Å². The summed E-state index contributed by atoms with van der Waals surface area (Å²) in [6.07, 6.45) is 5.90. The lowest BCUT2D eigenvalue weighted by molar-refractivity contribution is 0.243. The van der Waals surface area contributed by atoms with Crippen molar-refractivity contribution >= 4 is 23.1 Å². The summed E-state index contributed by atoms with van der Waals surface area (Å²) in [5.41, 5.74) is 5.34. The van der Waals surface area contributed by atoms with Crippen molar-refractivity contribution in [3.05, 3.63) is 35.1 Å². The van der Waals surface area contributed by atoms with Crippen LogP contribution in [0.1, 0.15) is 36.3 Å². The molecule has 1 aliphatic rings. The van der Waals surface area contributed by atoms with Gasteiger partial charge in [0.15, 0.2) is 0 Å². The van der Waals surface area contributed by atoms with Gasteiger partial charge >= 0.3 is 6.03 Å². The highest BCUT2D eigenvalue weighted by molar-refractivity contribution is 7.17. The lowest BCUT2D eigenvalue weighted by Crippen LogP contribution is -2.29. The number of rotatable bonds is 4. The van der Waals surface area contributed by atoms with Gasteiger partial charge in [-0.25, -0.2) is 15.2 Å². The molecule has 2 amide bonds. The molecule has 0 bridgehead atoms. The van der Waals surface area contributed by atoms with Crippen LogP contribution < -0.4 is 10.7 Å². The van der Waals surface area contributed by atoms with Gasteiger partial charge in [0.1, 0.15) is 5.01 Å². The molecule has 2 N–H and O–H groups in total. The number of hydrogen-bond acceptors (Lipinski definition) is 5. The van der Waals surface area contributed by atoms with Crippen molar-refractivity contribution in [2.45, 2.75) is 25.7 Å². The number of hydrazone groups is 1. The molecule has 1 aliphatic carbocycles. The van der Waals surface area contributed by atoms with Crippen molar-refractivity contribution in [2.75, 3.05) is 7.05 Å². The zero-order chi connectivity index (χ0) is 15.5. The molecule has 1 fully saturated rings.